The Morgan fingerprint density at radius 3 is 2.58 bits per heavy atom. The molecule has 1 atom stereocenters. The molecule has 3 N–H and O–H groups in total. The molecule has 202 valence electrons. The van der Waals surface area contributed by atoms with E-state index in [0.717, 1.165) is 63.2 Å². The normalized spacial score (nSPS) is 17.7. The van der Waals surface area contributed by atoms with E-state index < -0.39 is 0 Å². The minimum absolute atomic E-state index is 0.269. The Balaban J connectivity index is 1.29. The zero-order valence-electron chi connectivity index (χ0n) is 21.5. The lowest BCUT2D eigenvalue weighted by Gasteiger charge is -2.26. The number of aryl methyl sites for hydroxylation is 1. The number of imidazole rings is 1. The van der Waals surface area contributed by atoms with Gasteiger partial charge in [-0.05, 0) is 50.3 Å². The molecule has 4 heterocycles. The summed E-state index contributed by atoms with van der Waals surface area (Å²) in [4.78, 5) is 26.8. The zero-order chi connectivity index (χ0) is 26.3. The van der Waals surface area contributed by atoms with Gasteiger partial charge in [0.1, 0.15) is 17.8 Å². The van der Waals surface area contributed by atoms with Gasteiger partial charge < -0.3 is 25.4 Å². The fraction of sp³-hybridized carbons (Fsp3) is 0.481. The van der Waals surface area contributed by atoms with Crippen molar-refractivity contribution >= 4 is 23.5 Å². The van der Waals surface area contributed by atoms with Crippen LogP contribution >= 0.6 is 11.6 Å². The molecule has 2 aliphatic heterocycles. The van der Waals surface area contributed by atoms with E-state index >= 15 is 0 Å². The van der Waals surface area contributed by atoms with E-state index in [0.29, 0.717) is 35.1 Å². The molecule has 5 rings (SSSR count). The number of carbonyl (C=O) groups is 1. The Bertz CT molecular complexity index is 1220. The summed E-state index contributed by atoms with van der Waals surface area (Å²) in [6, 6.07) is 7.93. The first-order chi connectivity index (χ1) is 18.5. The molecule has 0 saturated carbocycles. The Kier molecular flexibility index (Phi) is 8.85. The first-order valence-corrected chi connectivity index (χ1v) is 13.5. The lowest BCUT2D eigenvalue weighted by atomic mass is 10.0. The maximum atomic E-state index is 13.3. The summed E-state index contributed by atoms with van der Waals surface area (Å²) in [7, 11) is 0. The topological polar surface area (TPSA) is 115 Å². The predicted octanol–water partition coefficient (Wildman–Crippen LogP) is 3.45. The van der Waals surface area contributed by atoms with E-state index in [4.69, 9.17) is 26.1 Å². The minimum atomic E-state index is -0.273. The first-order valence-electron chi connectivity index (χ1n) is 13.1. The fourth-order valence-electron chi connectivity index (χ4n) is 4.74. The van der Waals surface area contributed by atoms with Crippen LogP contribution in [0.1, 0.15) is 53.3 Å². The average Bonchev–Trinajstić information content (AvgIpc) is 3.43. The standard InChI is InChI=1S/C27H34ClN7O3/c1-18-14-30-27(32-22-7-11-38-12-8-22)34-25(18)35-16-24(31-17-35)26(36)33-23(19-3-2-4-20(28)13-19)15-29-21-5-9-37-10-6-21/h2-4,13-14,16-17,21-23,29H,5-12,15H2,1H3,(H,33,36)(H,30,32,34). The summed E-state index contributed by atoms with van der Waals surface area (Å²) in [5.74, 6) is 0.959. The van der Waals surface area contributed by atoms with E-state index in [2.05, 4.69) is 25.9 Å². The van der Waals surface area contributed by atoms with Gasteiger partial charge in [0.25, 0.3) is 5.91 Å². The Morgan fingerprint density at radius 1 is 1.11 bits per heavy atom. The van der Waals surface area contributed by atoms with Gasteiger partial charge in [0.05, 0.1) is 6.04 Å². The molecule has 2 aliphatic rings. The highest BCUT2D eigenvalue weighted by molar-refractivity contribution is 6.30. The van der Waals surface area contributed by atoms with Crippen LogP contribution in [0.2, 0.25) is 5.02 Å². The largest absolute Gasteiger partial charge is 0.381 e. The Morgan fingerprint density at radius 2 is 1.84 bits per heavy atom. The van der Waals surface area contributed by atoms with Crippen LogP contribution in [-0.2, 0) is 9.47 Å². The molecule has 11 heteroatoms. The van der Waals surface area contributed by atoms with Gasteiger partial charge in [-0.3, -0.25) is 9.36 Å². The third-order valence-electron chi connectivity index (χ3n) is 6.95. The second-order valence-corrected chi connectivity index (χ2v) is 10.2. The lowest BCUT2D eigenvalue weighted by molar-refractivity contribution is 0.0766. The van der Waals surface area contributed by atoms with Gasteiger partial charge in [-0.15, -0.1) is 0 Å². The monoisotopic (exact) mass is 539 g/mol. The summed E-state index contributed by atoms with van der Waals surface area (Å²) < 4.78 is 12.7. The molecular formula is C27H34ClN7O3. The number of rotatable bonds is 9. The number of nitrogens with one attached hydrogen (secondary N) is 3. The molecule has 2 fully saturated rings. The van der Waals surface area contributed by atoms with E-state index in [9.17, 15) is 4.79 Å². The van der Waals surface area contributed by atoms with Crippen LogP contribution in [0.15, 0.2) is 43.0 Å². The number of aromatic nitrogens is 4. The molecular weight excluding hydrogens is 506 g/mol. The number of benzene rings is 1. The van der Waals surface area contributed by atoms with Crippen molar-refractivity contribution in [3.8, 4) is 5.82 Å². The van der Waals surface area contributed by atoms with Crippen LogP contribution in [0.5, 0.6) is 0 Å². The summed E-state index contributed by atoms with van der Waals surface area (Å²) in [5.41, 5.74) is 2.12. The smallest absolute Gasteiger partial charge is 0.272 e. The van der Waals surface area contributed by atoms with Crippen LogP contribution in [0.4, 0.5) is 5.95 Å². The fourth-order valence-corrected chi connectivity index (χ4v) is 4.94. The van der Waals surface area contributed by atoms with Crippen molar-refractivity contribution in [3.63, 3.8) is 0 Å². The summed E-state index contributed by atoms with van der Waals surface area (Å²) in [6.45, 7) is 5.47. The molecule has 38 heavy (non-hydrogen) atoms. The van der Waals surface area contributed by atoms with Crippen molar-refractivity contribution in [2.24, 2.45) is 0 Å². The van der Waals surface area contributed by atoms with Crippen LogP contribution in [0.25, 0.3) is 5.82 Å². The number of amides is 1. The van der Waals surface area contributed by atoms with E-state index in [1.807, 2.05) is 31.2 Å². The van der Waals surface area contributed by atoms with Crippen molar-refractivity contribution in [2.45, 2.75) is 50.7 Å². The molecule has 3 aromatic rings. The molecule has 1 unspecified atom stereocenters. The van der Waals surface area contributed by atoms with Gasteiger partial charge in [0, 0.05) is 68.0 Å². The number of nitrogens with zero attached hydrogens (tertiary/aromatic N) is 4. The number of anilines is 1. The van der Waals surface area contributed by atoms with Gasteiger partial charge in [0.15, 0.2) is 0 Å². The van der Waals surface area contributed by atoms with Crippen molar-refractivity contribution < 1.29 is 14.3 Å². The quantitative estimate of drug-likeness (QED) is 0.379. The van der Waals surface area contributed by atoms with Crippen molar-refractivity contribution in [1.82, 2.24) is 30.2 Å². The maximum absolute atomic E-state index is 13.3. The molecule has 0 aliphatic carbocycles. The molecule has 0 bridgehead atoms. The van der Waals surface area contributed by atoms with Crippen molar-refractivity contribution in [3.05, 3.63) is 64.8 Å². The number of halogens is 1. The minimum Gasteiger partial charge on any atom is -0.381 e. The second kappa shape index (κ2) is 12.7. The Labute approximate surface area is 227 Å². The first kappa shape index (κ1) is 26.6. The SMILES string of the molecule is Cc1cnc(NC2CCOCC2)nc1-n1cnc(C(=O)NC(CNC2CCOCC2)c2cccc(Cl)c2)c1. The third-order valence-corrected chi connectivity index (χ3v) is 7.18. The second-order valence-electron chi connectivity index (χ2n) is 9.77. The highest BCUT2D eigenvalue weighted by Crippen LogP contribution is 2.20. The van der Waals surface area contributed by atoms with Gasteiger partial charge in [-0.25, -0.2) is 9.97 Å². The van der Waals surface area contributed by atoms with Crippen LogP contribution in [0.3, 0.4) is 0 Å². The van der Waals surface area contributed by atoms with E-state index in [-0.39, 0.29) is 18.0 Å². The summed E-state index contributed by atoms with van der Waals surface area (Å²) in [6.07, 6.45) is 8.81. The van der Waals surface area contributed by atoms with Crippen LogP contribution in [0, 0.1) is 6.92 Å². The molecule has 0 radical (unpaired) electrons. The molecule has 10 nitrogen and oxygen atoms in total. The highest BCUT2D eigenvalue weighted by Gasteiger charge is 2.21. The number of hydrogen-bond donors (Lipinski definition) is 3. The molecule has 2 aromatic heterocycles. The number of hydrogen-bond acceptors (Lipinski definition) is 8. The van der Waals surface area contributed by atoms with Gasteiger partial charge in [-0.1, -0.05) is 23.7 Å². The number of carbonyl (C=O) groups excluding carboxylic acids is 1. The van der Waals surface area contributed by atoms with Crippen molar-refractivity contribution in [2.75, 3.05) is 38.3 Å². The third kappa shape index (κ3) is 6.87. The molecule has 2 saturated heterocycles. The maximum Gasteiger partial charge on any atom is 0.272 e. The zero-order valence-corrected chi connectivity index (χ0v) is 22.3. The lowest BCUT2D eigenvalue weighted by Crippen LogP contribution is -2.41. The summed E-state index contributed by atoms with van der Waals surface area (Å²) >= 11 is 6.26. The molecule has 0 spiro atoms. The number of ether oxygens (including phenoxy) is 2. The van der Waals surface area contributed by atoms with Gasteiger partial charge >= 0.3 is 0 Å². The van der Waals surface area contributed by atoms with E-state index in [1.54, 1.807) is 23.3 Å². The molecule has 1 amide bonds. The molecule has 1 aromatic carbocycles. The average molecular weight is 540 g/mol. The Hall–Kier alpha value is -3.05. The highest BCUT2D eigenvalue weighted by atomic mass is 35.5. The van der Waals surface area contributed by atoms with E-state index in [1.165, 1.54) is 0 Å². The van der Waals surface area contributed by atoms with Crippen LogP contribution in [-0.4, -0.2) is 70.5 Å². The predicted molar refractivity (Wildman–Crippen MR) is 145 cm³/mol. The van der Waals surface area contributed by atoms with Crippen molar-refractivity contribution in [1.29, 1.82) is 0 Å². The summed E-state index contributed by atoms with van der Waals surface area (Å²) in [5, 5.41) is 10.7. The van der Waals surface area contributed by atoms with Crippen LogP contribution < -0.4 is 16.0 Å². The van der Waals surface area contributed by atoms with Gasteiger partial charge in [0.2, 0.25) is 5.95 Å². The van der Waals surface area contributed by atoms with Gasteiger partial charge in [-0.2, -0.15) is 4.98 Å².